The molecule has 0 aliphatic heterocycles. The van der Waals surface area contributed by atoms with Crippen LogP contribution in [0, 0.1) is 5.92 Å². The summed E-state index contributed by atoms with van der Waals surface area (Å²) in [7, 11) is 0. The molecule has 0 radical (unpaired) electrons. The number of rotatable bonds is 6. The summed E-state index contributed by atoms with van der Waals surface area (Å²) in [6.07, 6.45) is 2.87. The van der Waals surface area contributed by atoms with E-state index in [0.717, 1.165) is 0 Å². The number of carbonyl (C=O) groups is 2. The van der Waals surface area contributed by atoms with Crippen LogP contribution in [0.15, 0.2) is 36.9 Å². The number of nitrogens with two attached hydrogens (primary N) is 1. The molecule has 1 aromatic heterocycles. The highest BCUT2D eigenvalue weighted by molar-refractivity contribution is 5.96. The molecule has 0 bridgehead atoms. The Hall–Kier alpha value is -2.45. The van der Waals surface area contributed by atoms with Crippen molar-refractivity contribution in [3.63, 3.8) is 0 Å². The van der Waals surface area contributed by atoms with Crippen molar-refractivity contribution in [1.82, 2.24) is 14.8 Å². The molecular formula is C16H23ClN6O2. The molecule has 0 aliphatic rings. The standard InChI is InChI=1S/C16H22N6O2.ClH/c1-10(2)14(17)16(24)21-13-6-4-12(5-7-13)20-15(23)11(3)22-9-18-8-19-22;/h4-11,14H,17H2,1-3H3,(H,20,23)(H,21,24);1H/t11?,14-;/m0./s1. The molecule has 0 saturated carbocycles. The lowest BCUT2D eigenvalue weighted by Crippen LogP contribution is -2.39. The Morgan fingerprint density at radius 3 is 2.00 bits per heavy atom. The molecule has 2 amide bonds. The van der Waals surface area contributed by atoms with Crippen LogP contribution in [0.25, 0.3) is 0 Å². The first-order chi connectivity index (χ1) is 11.4. The molecule has 0 aliphatic carbocycles. The quantitative estimate of drug-likeness (QED) is 0.721. The summed E-state index contributed by atoms with van der Waals surface area (Å²) >= 11 is 0. The van der Waals surface area contributed by atoms with Gasteiger partial charge < -0.3 is 16.4 Å². The molecule has 8 nitrogen and oxygen atoms in total. The van der Waals surface area contributed by atoms with Gasteiger partial charge >= 0.3 is 0 Å². The number of nitrogens with zero attached hydrogens (tertiary/aromatic N) is 3. The maximum absolute atomic E-state index is 12.2. The van der Waals surface area contributed by atoms with Crippen LogP contribution in [0.2, 0.25) is 0 Å². The zero-order valence-corrected chi connectivity index (χ0v) is 15.2. The fraction of sp³-hybridized carbons (Fsp3) is 0.375. The number of halogens is 1. The van der Waals surface area contributed by atoms with Gasteiger partial charge in [-0.3, -0.25) is 9.59 Å². The highest BCUT2D eigenvalue weighted by Crippen LogP contribution is 2.16. The molecule has 2 aromatic rings. The number of hydrogen-bond donors (Lipinski definition) is 3. The molecule has 0 fully saturated rings. The van der Waals surface area contributed by atoms with Crippen molar-refractivity contribution in [3.05, 3.63) is 36.9 Å². The van der Waals surface area contributed by atoms with Gasteiger partial charge in [0, 0.05) is 11.4 Å². The minimum Gasteiger partial charge on any atom is -0.325 e. The van der Waals surface area contributed by atoms with Gasteiger partial charge in [0.15, 0.2) is 0 Å². The molecule has 2 rings (SSSR count). The van der Waals surface area contributed by atoms with Crippen LogP contribution >= 0.6 is 12.4 Å². The number of hydrogen-bond acceptors (Lipinski definition) is 5. The molecule has 25 heavy (non-hydrogen) atoms. The van der Waals surface area contributed by atoms with Crippen LogP contribution in [0.4, 0.5) is 11.4 Å². The number of benzene rings is 1. The highest BCUT2D eigenvalue weighted by atomic mass is 35.5. The van der Waals surface area contributed by atoms with Crippen molar-refractivity contribution in [2.24, 2.45) is 11.7 Å². The molecule has 0 spiro atoms. The minimum atomic E-state index is -0.562. The van der Waals surface area contributed by atoms with Crippen molar-refractivity contribution in [3.8, 4) is 0 Å². The molecule has 1 heterocycles. The second-order valence-electron chi connectivity index (χ2n) is 5.88. The normalized spacial score (nSPS) is 12.8. The first kappa shape index (κ1) is 20.6. The molecule has 2 atom stereocenters. The Labute approximate surface area is 152 Å². The van der Waals surface area contributed by atoms with Crippen LogP contribution in [0.3, 0.4) is 0 Å². The van der Waals surface area contributed by atoms with Gasteiger partial charge in [-0.05, 0) is 37.1 Å². The van der Waals surface area contributed by atoms with E-state index in [1.54, 1.807) is 31.2 Å². The molecule has 1 aromatic carbocycles. The van der Waals surface area contributed by atoms with E-state index in [2.05, 4.69) is 20.7 Å². The Morgan fingerprint density at radius 1 is 1.04 bits per heavy atom. The van der Waals surface area contributed by atoms with Crippen molar-refractivity contribution in [2.45, 2.75) is 32.9 Å². The van der Waals surface area contributed by atoms with Crippen molar-refractivity contribution in [2.75, 3.05) is 10.6 Å². The van der Waals surface area contributed by atoms with Gasteiger partial charge in [0.2, 0.25) is 11.8 Å². The van der Waals surface area contributed by atoms with Crippen LogP contribution in [-0.2, 0) is 9.59 Å². The summed E-state index contributed by atoms with van der Waals surface area (Å²) < 4.78 is 1.47. The van der Waals surface area contributed by atoms with E-state index in [1.165, 1.54) is 17.3 Å². The SMILES string of the molecule is CC(C)[C@H](N)C(=O)Nc1ccc(NC(=O)C(C)n2cncn2)cc1.Cl. The van der Waals surface area contributed by atoms with Crippen LogP contribution in [0.1, 0.15) is 26.8 Å². The van der Waals surface area contributed by atoms with E-state index in [4.69, 9.17) is 5.73 Å². The third kappa shape index (κ3) is 5.54. The molecule has 9 heteroatoms. The van der Waals surface area contributed by atoms with Gasteiger partial charge in [-0.15, -0.1) is 12.4 Å². The predicted octanol–water partition coefficient (Wildman–Crippen LogP) is 1.82. The van der Waals surface area contributed by atoms with Crippen molar-refractivity contribution < 1.29 is 9.59 Å². The summed E-state index contributed by atoms with van der Waals surface area (Å²) in [5, 5.41) is 9.48. The molecule has 136 valence electrons. The van der Waals surface area contributed by atoms with E-state index in [9.17, 15) is 9.59 Å². The van der Waals surface area contributed by atoms with Gasteiger partial charge in [-0.2, -0.15) is 5.10 Å². The number of nitrogens with one attached hydrogen (secondary N) is 2. The highest BCUT2D eigenvalue weighted by Gasteiger charge is 2.18. The van der Waals surface area contributed by atoms with E-state index >= 15 is 0 Å². The lowest BCUT2D eigenvalue weighted by atomic mass is 10.0. The van der Waals surface area contributed by atoms with Gasteiger partial charge in [-0.25, -0.2) is 9.67 Å². The maximum atomic E-state index is 12.2. The predicted molar refractivity (Wildman–Crippen MR) is 98.5 cm³/mol. The van der Waals surface area contributed by atoms with Gasteiger partial charge in [-0.1, -0.05) is 13.8 Å². The average molecular weight is 367 g/mol. The van der Waals surface area contributed by atoms with Crippen LogP contribution < -0.4 is 16.4 Å². The number of carbonyl (C=O) groups excluding carboxylic acids is 2. The second kappa shape index (κ2) is 9.14. The Bertz CT molecular complexity index is 687. The number of amides is 2. The Kier molecular flexibility index (Phi) is 7.53. The summed E-state index contributed by atoms with van der Waals surface area (Å²) in [6, 6.07) is 5.80. The number of aromatic nitrogens is 3. The largest absolute Gasteiger partial charge is 0.325 e. The zero-order valence-electron chi connectivity index (χ0n) is 14.3. The van der Waals surface area contributed by atoms with Gasteiger partial charge in [0.1, 0.15) is 18.7 Å². The number of anilines is 2. The fourth-order valence-electron chi connectivity index (χ4n) is 1.95. The summed E-state index contributed by atoms with van der Waals surface area (Å²) in [5.74, 6) is -0.387. The topological polar surface area (TPSA) is 115 Å². The van der Waals surface area contributed by atoms with Crippen LogP contribution in [0.5, 0.6) is 0 Å². The first-order valence-electron chi connectivity index (χ1n) is 7.70. The summed E-state index contributed by atoms with van der Waals surface area (Å²) in [5.41, 5.74) is 7.05. The maximum Gasteiger partial charge on any atom is 0.249 e. The summed E-state index contributed by atoms with van der Waals surface area (Å²) in [6.45, 7) is 5.50. The van der Waals surface area contributed by atoms with E-state index < -0.39 is 12.1 Å². The van der Waals surface area contributed by atoms with Crippen molar-refractivity contribution >= 4 is 35.6 Å². The Morgan fingerprint density at radius 2 is 1.56 bits per heavy atom. The minimum absolute atomic E-state index is 0. The lowest BCUT2D eigenvalue weighted by molar-refractivity contribution is -0.119. The Balaban J connectivity index is 0.00000312. The van der Waals surface area contributed by atoms with Crippen molar-refractivity contribution in [1.29, 1.82) is 0 Å². The smallest absolute Gasteiger partial charge is 0.249 e. The first-order valence-corrected chi connectivity index (χ1v) is 7.70. The lowest BCUT2D eigenvalue weighted by Gasteiger charge is -2.16. The van der Waals surface area contributed by atoms with Crippen LogP contribution in [-0.4, -0.2) is 32.6 Å². The van der Waals surface area contributed by atoms with E-state index in [1.807, 2.05) is 13.8 Å². The molecule has 0 saturated heterocycles. The zero-order chi connectivity index (χ0) is 17.7. The third-order valence-electron chi connectivity index (χ3n) is 3.65. The van der Waals surface area contributed by atoms with Gasteiger partial charge in [0.05, 0.1) is 6.04 Å². The van der Waals surface area contributed by atoms with E-state index in [0.29, 0.717) is 11.4 Å². The summed E-state index contributed by atoms with van der Waals surface area (Å²) in [4.78, 5) is 27.9. The van der Waals surface area contributed by atoms with Gasteiger partial charge in [0.25, 0.3) is 0 Å². The third-order valence-corrected chi connectivity index (χ3v) is 3.65. The fourth-order valence-corrected chi connectivity index (χ4v) is 1.95. The average Bonchev–Trinajstić information content (AvgIpc) is 3.09. The molecule has 1 unspecified atom stereocenters. The molecular weight excluding hydrogens is 344 g/mol. The van der Waals surface area contributed by atoms with E-state index in [-0.39, 0.29) is 30.1 Å². The molecule has 4 N–H and O–H groups in total. The monoisotopic (exact) mass is 366 g/mol. The second-order valence-corrected chi connectivity index (χ2v) is 5.88.